The van der Waals surface area contributed by atoms with E-state index in [0.29, 0.717) is 12.0 Å². The van der Waals surface area contributed by atoms with Gasteiger partial charge in [0.25, 0.3) is 0 Å². The Kier molecular flexibility index (Phi) is 3.65. The van der Waals surface area contributed by atoms with Crippen molar-refractivity contribution in [2.24, 2.45) is 0 Å². The molecule has 0 saturated carbocycles. The third-order valence-corrected chi connectivity index (χ3v) is 2.74. The van der Waals surface area contributed by atoms with Crippen LogP contribution in [0.5, 0.6) is 0 Å². The van der Waals surface area contributed by atoms with E-state index >= 15 is 0 Å². The fourth-order valence-electron chi connectivity index (χ4n) is 1.80. The van der Waals surface area contributed by atoms with E-state index in [1.807, 2.05) is 13.0 Å². The van der Waals surface area contributed by atoms with Crippen LogP contribution in [0.2, 0.25) is 0 Å². The minimum Gasteiger partial charge on any atom is -0.469 e. The monoisotopic (exact) mass is 251 g/mol. The molecule has 0 aliphatic rings. The highest BCUT2D eigenvalue weighted by molar-refractivity contribution is 5.47. The number of hydrogen-bond acceptors (Lipinski definition) is 2. The molecule has 2 rings (SSSR count). The highest BCUT2D eigenvalue weighted by Crippen LogP contribution is 2.20. The van der Waals surface area contributed by atoms with Crippen molar-refractivity contribution in [2.75, 3.05) is 5.32 Å². The Morgan fingerprint density at radius 3 is 2.72 bits per heavy atom. The summed E-state index contributed by atoms with van der Waals surface area (Å²) in [5.74, 6) is -0.0488. The molecule has 0 bridgehead atoms. The molecule has 96 valence electrons. The van der Waals surface area contributed by atoms with Crippen molar-refractivity contribution in [2.45, 2.75) is 26.3 Å². The summed E-state index contributed by atoms with van der Waals surface area (Å²) in [6.45, 7) is 3.42. The molecule has 2 nitrogen and oxygen atoms in total. The van der Waals surface area contributed by atoms with Crippen LogP contribution in [-0.4, -0.2) is 6.04 Å². The fourth-order valence-corrected chi connectivity index (χ4v) is 1.80. The van der Waals surface area contributed by atoms with E-state index in [9.17, 15) is 8.78 Å². The summed E-state index contributed by atoms with van der Waals surface area (Å²) in [6.07, 6.45) is 2.20. The van der Waals surface area contributed by atoms with Crippen LogP contribution >= 0.6 is 0 Å². The van der Waals surface area contributed by atoms with Crippen LogP contribution < -0.4 is 5.32 Å². The van der Waals surface area contributed by atoms with E-state index in [2.05, 4.69) is 5.32 Å². The minimum atomic E-state index is -0.444. The lowest BCUT2D eigenvalue weighted by molar-refractivity contribution is 0.497. The second kappa shape index (κ2) is 5.21. The highest BCUT2D eigenvalue weighted by atomic mass is 19.1. The van der Waals surface area contributed by atoms with Crippen LogP contribution in [0.3, 0.4) is 0 Å². The fraction of sp³-hybridized carbons (Fsp3) is 0.286. The zero-order chi connectivity index (χ0) is 13.1. The normalized spacial score (nSPS) is 12.4. The molecule has 0 saturated heterocycles. The van der Waals surface area contributed by atoms with Crippen molar-refractivity contribution in [3.63, 3.8) is 0 Å². The summed E-state index contributed by atoms with van der Waals surface area (Å²) in [6, 6.07) is 5.98. The lowest BCUT2D eigenvalue weighted by atomic mass is 10.1. The quantitative estimate of drug-likeness (QED) is 0.891. The molecule has 4 heteroatoms. The highest BCUT2D eigenvalue weighted by Gasteiger charge is 2.11. The molecule has 1 unspecified atom stereocenters. The van der Waals surface area contributed by atoms with Crippen LogP contribution in [-0.2, 0) is 6.42 Å². The number of furan rings is 1. The van der Waals surface area contributed by atoms with E-state index in [1.54, 1.807) is 12.3 Å². The van der Waals surface area contributed by atoms with Gasteiger partial charge in [0, 0.05) is 18.5 Å². The van der Waals surface area contributed by atoms with Crippen LogP contribution in [0, 0.1) is 18.6 Å². The molecule has 1 aromatic carbocycles. The van der Waals surface area contributed by atoms with Gasteiger partial charge in [0.1, 0.15) is 17.4 Å². The Bertz CT molecular complexity index is 523. The number of nitrogens with one attached hydrogen (secondary N) is 1. The van der Waals surface area contributed by atoms with E-state index in [-0.39, 0.29) is 11.7 Å². The van der Waals surface area contributed by atoms with Crippen LogP contribution in [0.25, 0.3) is 0 Å². The molecule has 0 radical (unpaired) electrons. The lowest BCUT2D eigenvalue weighted by Gasteiger charge is -2.15. The van der Waals surface area contributed by atoms with Crippen molar-refractivity contribution in [3.05, 3.63) is 53.5 Å². The van der Waals surface area contributed by atoms with Gasteiger partial charge in [-0.05, 0) is 37.6 Å². The Balaban J connectivity index is 2.07. The Morgan fingerprint density at radius 2 is 2.06 bits per heavy atom. The van der Waals surface area contributed by atoms with Crippen LogP contribution in [0.4, 0.5) is 14.5 Å². The molecule has 18 heavy (non-hydrogen) atoms. The molecular formula is C14H15F2NO. The first-order chi connectivity index (χ1) is 8.56. The van der Waals surface area contributed by atoms with Crippen molar-refractivity contribution in [3.8, 4) is 0 Å². The molecule has 0 fully saturated rings. The maximum atomic E-state index is 13.6. The minimum absolute atomic E-state index is 0.0484. The van der Waals surface area contributed by atoms with Gasteiger partial charge in [-0.15, -0.1) is 0 Å². The van der Waals surface area contributed by atoms with Crippen molar-refractivity contribution in [1.82, 2.24) is 0 Å². The number of anilines is 1. The lowest BCUT2D eigenvalue weighted by Crippen LogP contribution is -2.18. The molecule has 0 aliphatic heterocycles. The zero-order valence-electron chi connectivity index (χ0n) is 10.3. The summed E-state index contributed by atoms with van der Waals surface area (Å²) < 4.78 is 32.2. The average molecular weight is 251 g/mol. The zero-order valence-corrected chi connectivity index (χ0v) is 10.3. The third-order valence-electron chi connectivity index (χ3n) is 2.74. The first kappa shape index (κ1) is 12.6. The summed E-state index contributed by atoms with van der Waals surface area (Å²) in [4.78, 5) is 0. The third kappa shape index (κ3) is 2.88. The number of aryl methyl sites for hydroxylation is 1. The van der Waals surface area contributed by atoms with Crippen molar-refractivity contribution < 1.29 is 13.2 Å². The summed E-state index contributed by atoms with van der Waals surface area (Å²) in [7, 11) is 0. The van der Waals surface area contributed by atoms with Gasteiger partial charge in [-0.3, -0.25) is 0 Å². The maximum Gasteiger partial charge on any atom is 0.146 e. The first-order valence-electron chi connectivity index (χ1n) is 5.81. The summed E-state index contributed by atoms with van der Waals surface area (Å²) >= 11 is 0. The topological polar surface area (TPSA) is 25.2 Å². The molecular weight excluding hydrogens is 236 g/mol. The number of benzene rings is 1. The predicted octanol–water partition coefficient (Wildman–Crippen LogP) is 3.91. The van der Waals surface area contributed by atoms with Gasteiger partial charge in [0.2, 0.25) is 0 Å². The first-order valence-corrected chi connectivity index (χ1v) is 5.81. The molecule has 0 amide bonds. The second-order valence-corrected chi connectivity index (χ2v) is 4.41. The largest absolute Gasteiger partial charge is 0.469 e. The second-order valence-electron chi connectivity index (χ2n) is 4.41. The molecule has 0 aliphatic carbocycles. The van der Waals surface area contributed by atoms with Crippen molar-refractivity contribution >= 4 is 5.69 Å². The van der Waals surface area contributed by atoms with Crippen LogP contribution in [0.15, 0.2) is 34.9 Å². The van der Waals surface area contributed by atoms with E-state index in [1.165, 1.54) is 19.1 Å². The SMILES string of the molecule is Cc1cc(F)c(NC(C)Cc2ccco2)cc1F. The van der Waals surface area contributed by atoms with Gasteiger partial charge in [0.15, 0.2) is 0 Å². The standard InChI is InChI=1S/C14H15F2NO/c1-9-6-13(16)14(8-12(9)15)17-10(2)7-11-4-3-5-18-11/h3-6,8,10,17H,7H2,1-2H3. The Morgan fingerprint density at radius 1 is 1.28 bits per heavy atom. The van der Waals surface area contributed by atoms with Gasteiger partial charge >= 0.3 is 0 Å². The molecule has 1 aromatic heterocycles. The molecule has 1 atom stereocenters. The molecule has 2 aromatic rings. The van der Waals surface area contributed by atoms with Crippen LogP contribution in [0.1, 0.15) is 18.2 Å². The van der Waals surface area contributed by atoms with Crippen molar-refractivity contribution in [1.29, 1.82) is 0 Å². The smallest absolute Gasteiger partial charge is 0.146 e. The van der Waals surface area contributed by atoms with E-state index in [0.717, 1.165) is 5.76 Å². The van der Waals surface area contributed by atoms with Gasteiger partial charge in [0.05, 0.1) is 12.0 Å². The molecule has 0 spiro atoms. The Labute approximate surface area is 105 Å². The Hall–Kier alpha value is -1.84. The molecule has 1 heterocycles. The van der Waals surface area contributed by atoms with E-state index in [4.69, 9.17) is 4.42 Å². The van der Waals surface area contributed by atoms with Gasteiger partial charge in [-0.25, -0.2) is 8.78 Å². The van der Waals surface area contributed by atoms with E-state index < -0.39 is 11.6 Å². The predicted molar refractivity (Wildman–Crippen MR) is 66.6 cm³/mol. The number of rotatable bonds is 4. The number of halogens is 2. The number of hydrogen-bond donors (Lipinski definition) is 1. The maximum absolute atomic E-state index is 13.6. The van der Waals surface area contributed by atoms with Gasteiger partial charge in [-0.2, -0.15) is 0 Å². The molecule has 1 N–H and O–H groups in total. The average Bonchev–Trinajstić information content (AvgIpc) is 2.78. The summed E-state index contributed by atoms with van der Waals surface area (Å²) in [5, 5.41) is 2.94. The van der Waals surface area contributed by atoms with Gasteiger partial charge < -0.3 is 9.73 Å². The summed E-state index contributed by atoms with van der Waals surface area (Å²) in [5.41, 5.74) is 0.480. The van der Waals surface area contributed by atoms with Gasteiger partial charge in [-0.1, -0.05) is 0 Å².